The van der Waals surface area contributed by atoms with Gasteiger partial charge in [0.25, 0.3) is 0 Å². The van der Waals surface area contributed by atoms with E-state index in [1.54, 1.807) is 11.9 Å². The molecule has 0 bridgehead atoms. The number of fused-ring (bicyclic) bond motifs is 1. The van der Waals surface area contributed by atoms with Crippen molar-refractivity contribution >= 4 is 34.5 Å². The molecule has 1 aromatic heterocycles. The van der Waals surface area contributed by atoms with E-state index >= 15 is 0 Å². The van der Waals surface area contributed by atoms with E-state index in [0.29, 0.717) is 18.5 Å². The maximum Gasteiger partial charge on any atom is 0.249 e. The van der Waals surface area contributed by atoms with E-state index in [2.05, 4.69) is 31.8 Å². The number of piperidine rings is 1. The number of rotatable bonds is 4. The highest BCUT2D eigenvalue weighted by atomic mass is 32.2. The summed E-state index contributed by atoms with van der Waals surface area (Å²) in [4.78, 5) is 11.6. The molecule has 3 heterocycles. The van der Waals surface area contributed by atoms with Crippen molar-refractivity contribution in [3.05, 3.63) is 24.4 Å². The van der Waals surface area contributed by atoms with Crippen molar-refractivity contribution in [3.8, 4) is 0 Å². The number of halogens is 2. The van der Waals surface area contributed by atoms with Crippen molar-refractivity contribution in [1.82, 2.24) is 14.3 Å². The summed E-state index contributed by atoms with van der Waals surface area (Å²) in [6, 6.07) is 6.47. The largest absolute Gasteiger partial charge is 0.369 e. The minimum absolute atomic E-state index is 0.0256. The summed E-state index contributed by atoms with van der Waals surface area (Å²) < 4.78 is 29.4. The molecule has 2 saturated heterocycles. The fraction of sp³-hybridized carbons (Fsp3) is 0.619. The van der Waals surface area contributed by atoms with Crippen molar-refractivity contribution < 1.29 is 8.78 Å². The van der Waals surface area contributed by atoms with Crippen LogP contribution in [-0.4, -0.2) is 58.7 Å². The van der Waals surface area contributed by atoms with Gasteiger partial charge in [-0.15, -0.1) is 0 Å². The molecule has 3 fully saturated rings. The standard InChI is InChI=1S/C21H27F2N5S/c1-29-28-8-5-16(6-9-28)25-19-24-11-15-3-2-4-17(18(15)26-19)27-10-7-20(14-27)12-21(22,23)13-20/h2-4,11,16H,5-10,12-14H2,1H3,(H,24,25,26). The molecule has 1 aromatic carbocycles. The normalized spacial score (nSPS) is 24.2. The SMILES string of the molecule is CSN1CCC(Nc2ncc3cccc(N4CCC5(C4)CC(F)(F)C5)c3n2)CC1. The van der Waals surface area contributed by atoms with Crippen LogP contribution < -0.4 is 10.2 Å². The van der Waals surface area contributed by atoms with Gasteiger partial charge in [-0.3, -0.25) is 4.31 Å². The van der Waals surface area contributed by atoms with Gasteiger partial charge in [0, 0.05) is 62.1 Å². The number of aromatic nitrogens is 2. The van der Waals surface area contributed by atoms with Gasteiger partial charge in [0.05, 0.1) is 11.2 Å². The van der Waals surface area contributed by atoms with E-state index in [4.69, 9.17) is 4.98 Å². The van der Waals surface area contributed by atoms with E-state index in [1.165, 1.54) is 0 Å². The monoisotopic (exact) mass is 419 g/mol. The highest BCUT2D eigenvalue weighted by molar-refractivity contribution is 7.96. The van der Waals surface area contributed by atoms with Crippen LogP contribution in [0.1, 0.15) is 32.1 Å². The van der Waals surface area contributed by atoms with E-state index in [1.807, 2.05) is 18.3 Å². The Balaban J connectivity index is 1.34. The quantitative estimate of drug-likeness (QED) is 0.741. The van der Waals surface area contributed by atoms with Gasteiger partial charge in [0.1, 0.15) is 0 Å². The molecule has 1 N–H and O–H groups in total. The Hall–Kier alpha value is -1.67. The molecule has 1 saturated carbocycles. The first-order valence-corrected chi connectivity index (χ1v) is 11.6. The molecule has 29 heavy (non-hydrogen) atoms. The molecule has 2 aliphatic heterocycles. The van der Waals surface area contributed by atoms with Crippen LogP contribution in [0.15, 0.2) is 24.4 Å². The number of nitrogens with zero attached hydrogens (tertiary/aromatic N) is 4. The third-order valence-electron chi connectivity index (χ3n) is 6.68. The zero-order chi connectivity index (χ0) is 20.1. The Kier molecular flexibility index (Phi) is 4.81. The molecule has 1 aliphatic carbocycles. The average molecular weight is 420 g/mol. The average Bonchev–Trinajstić information content (AvgIpc) is 3.11. The number of anilines is 2. The Labute approximate surface area is 174 Å². The van der Waals surface area contributed by atoms with Gasteiger partial charge in [-0.2, -0.15) is 0 Å². The Morgan fingerprint density at radius 1 is 1.17 bits per heavy atom. The molecule has 156 valence electrons. The van der Waals surface area contributed by atoms with Gasteiger partial charge in [-0.1, -0.05) is 24.1 Å². The van der Waals surface area contributed by atoms with Crippen LogP contribution in [0, 0.1) is 5.41 Å². The maximum absolute atomic E-state index is 13.5. The summed E-state index contributed by atoms with van der Waals surface area (Å²) in [7, 11) is 0. The lowest BCUT2D eigenvalue weighted by molar-refractivity contribution is -0.152. The molecule has 2 aromatic rings. The van der Waals surface area contributed by atoms with Crippen LogP contribution in [-0.2, 0) is 0 Å². The molecule has 3 aliphatic rings. The molecule has 5 rings (SSSR count). The molecular weight excluding hydrogens is 392 g/mol. The molecule has 0 atom stereocenters. The van der Waals surface area contributed by atoms with Gasteiger partial charge in [-0.25, -0.2) is 18.7 Å². The lowest BCUT2D eigenvalue weighted by Crippen LogP contribution is -2.47. The first-order chi connectivity index (χ1) is 14.0. The van der Waals surface area contributed by atoms with Crippen LogP contribution in [0.3, 0.4) is 0 Å². The Bertz CT molecular complexity index is 892. The van der Waals surface area contributed by atoms with E-state index < -0.39 is 5.92 Å². The van der Waals surface area contributed by atoms with E-state index in [-0.39, 0.29) is 18.3 Å². The summed E-state index contributed by atoms with van der Waals surface area (Å²) in [6.45, 7) is 3.65. The van der Waals surface area contributed by atoms with Crippen molar-refractivity contribution in [1.29, 1.82) is 0 Å². The second-order valence-electron chi connectivity index (χ2n) is 8.82. The van der Waals surface area contributed by atoms with Gasteiger partial charge < -0.3 is 10.2 Å². The molecule has 1 spiro atoms. The van der Waals surface area contributed by atoms with Crippen molar-refractivity contribution in [3.63, 3.8) is 0 Å². The number of hydrogen-bond donors (Lipinski definition) is 1. The summed E-state index contributed by atoms with van der Waals surface area (Å²) in [6.07, 6.45) is 7.03. The smallest absolute Gasteiger partial charge is 0.249 e. The summed E-state index contributed by atoms with van der Waals surface area (Å²) >= 11 is 1.80. The predicted molar refractivity (Wildman–Crippen MR) is 115 cm³/mol. The fourth-order valence-corrected chi connectivity index (χ4v) is 5.78. The maximum atomic E-state index is 13.5. The number of para-hydroxylation sites is 1. The Morgan fingerprint density at radius 2 is 1.97 bits per heavy atom. The fourth-order valence-electron chi connectivity index (χ4n) is 5.20. The van der Waals surface area contributed by atoms with Gasteiger partial charge in [0.2, 0.25) is 11.9 Å². The van der Waals surface area contributed by atoms with Gasteiger partial charge >= 0.3 is 0 Å². The number of nitrogens with one attached hydrogen (secondary N) is 1. The number of hydrogen-bond acceptors (Lipinski definition) is 6. The molecule has 0 unspecified atom stereocenters. The van der Waals surface area contributed by atoms with Crippen LogP contribution in [0.5, 0.6) is 0 Å². The Morgan fingerprint density at radius 3 is 2.69 bits per heavy atom. The van der Waals surface area contributed by atoms with Gasteiger partial charge in [0.15, 0.2) is 0 Å². The van der Waals surface area contributed by atoms with Crippen LogP contribution in [0.2, 0.25) is 0 Å². The van der Waals surface area contributed by atoms with Crippen LogP contribution >= 0.6 is 11.9 Å². The topological polar surface area (TPSA) is 44.3 Å². The second-order valence-corrected chi connectivity index (χ2v) is 9.70. The van der Waals surface area contributed by atoms with Crippen LogP contribution in [0.4, 0.5) is 20.4 Å². The van der Waals surface area contributed by atoms with Crippen molar-refractivity contribution in [2.45, 2.75) is 44.1 Å². The zero-order valence-electron chi connectivity index (χ0n) is 16.7. The molecule has 0 radical (unpaired) electrons. The van der Waals surface area contributed by atoms with Crippen LogP contribution in [0.25, 0.3) is 10.9 Å². The number of benzene rings is 1. The highest BCUT2D eigenvalue weighted by Crippen LogP contribution is 2.57. The van der Waals surface area contributed by atoms with E-state index in [9.17, 15) is 8.78 Å². The van der Waals surface area contributed by atoms with Gasteiger partial charge in [-0.05, 0) is 31.6 Å². The molecule has 0 amide bonds. The lowest BCUT2D eigenvalue weighted by atomic mass is 9.65. The summed E-state index contributed by atoms with van der Waals surface area (Å²) in [5.41, 5.74) is 1.73. The van der Waals surface area contributed by atoms with E-state index in [0.717, 1.165) is 55.5 Å². The van der Waals surface area contributed by atoms with Crippen molar-refractivity contribution in [2.24, 2.45) is 5.41 Å². The highest BCUT2D eigenvalue weighted by Gasteiger charge is 2.58. The minimum Gasteiger partial charge on any atom is -0.369 e. The minimum atomic E-state index is -2.47. The molecule has 8 heteroatoms. The van der Waals surface area contributed by atoms with Crippen molar-refractivity contribution in [2.75, 3.05) is 42.7 Å². The third kappa shape index (κ3) is 3.77. The third-order valence-corrected chi connectivity index (χ3v) is 7.56. The first-order valence-electron chi connectivity index (χ1n) is 10.4. The molecule has 5 nitrogen and oxygen atoms in total. The second kappa shape index (κ2) is 7.23. The molecular formula is C21H27F2N5S. The summed E-state index contributed by atoms with van der Waals surface area (Å²) in [5, 5.41) is 4.50. The first kappa shape index (κ1) is 19.3. The predicted octanol–water partition coefficient (Wildman–Crippen LogP) is 4.41. The zero-order valence-corrected chi connectivity index (χ0v) is 17.5. The number of alkyl halides is 2. The summed E-state index contributed by atoms with van der Waals surface area (Å²) in [5.74, 6) is -1.81. The lowest BCUT2D eigenvalue weighted by Gasteiger charge is -2.44.